The number of carbonyl (C=O) groups is 8. The first kappa shape index (κ1) is 30.9. The molecule has 0 aliphatic heterocycles. The molecule has 13 N–H and O–H groups in total. The predicted molar refractivity (Wildman–Crippen MR) is 119 cm³/mol. The topological polar surface area (TPSA) is 303 Å². The lowest BCUT2D eigenvalue weighted by Gasteiger charge is -2.24. The molecule has 0 spiro atoms. The molecule has 0 rings (SSSR count). The summed E-state index contributed by atoms with van der Waals surface area (Å²) in [6, 6.07) is -5.29. The van der Waals surface area contributed by atoms with Gasteiger partial charge in [-0.1, -0.05) is 0 Å². The Balaban J connectivity index is 5.55. The van der Waals surface area contributed by atoms with Gasteiger partial charge in [-0.3, -0.25) is 33.6 Å². The Bertz CT molecular complexity index is 834. The van der Waals surface area contributed by atoms with Gasteiger partial charge in [0.2, 0.25) is 41.4 Å². The Kier molecular flexibility index (Phi) is 13.9. The van der Waals surface area contributed by atoms with Gasteiger partial charge in [0.25, 0.3) is 0 Å². The zero-order valence-electron chi connectivity index (χ0n) is 19.0. The van der Waals surface area contributed by atoms with Crippen LogP contribution in [-0.4, -0.2) is 71.8 Å². The van der Waals surface area contributed by atoms with Crippen LogP contribution in [0.25, 0.3) is 0 Å². The fraction of sp³-hybridized carbons (Fsp3) is 0.579. The normalized spacial score (nSPS) is 13.9. The smallest absolute Gasteiger partial charge is 0.243 e. The molecule has 0 bridgehead atoms. The van der Waals surface area contributed by atoms with E-state index in [1.165, 1.54) is 0 Å². The van der Waals surface area contributed by atoms with Crippen molar-refractivity contribution in [3.8, 4) is 0 Å². The molecule has 0 fully saturated rings. The van der Waals surface area contributed by atoms with Gasteiger partial charge in [-0.2, -0.15) is 0 Å². The maximum absolute atomic E-state index is 12.8. The Morgan fingerprint density at radius 1 is 0.600 bits per heavy atom. The van der Waals surface area contributed by atoms with E-state index < -0.39 is 71.9 Å². The van der Waals surface area contributed by atoms with Gasteiger partial charge in [0.05, 0.1) is 18.5 Å². The lowest BCUT2D eigenvalue weighted by atomic mass is 10.1. The van der Waals surface area contributed by atoms with Gasteiger partial charge < -0.3 is 49.4 Å². The zero-order chi connectivity index (χ0) is 27.1. The number of hydrogen-bond donors (Lipinski definition) is 8. The summed E-state index contributed by atoms with van der Waals surface area (Å²) in [5.74, 6) is -5.85. The molecule has 7 amide bonds. The molecular weight excluding hydrogens is 468 g/mol. The second-order valence-corrected chi connectivity index (χ2v) is 7.67. The van der Waals surface area contributed by atoms with E-state index in [1.807, 2.05) is 0 Å². The van der Waals surface area contributed by atoms with E-state index in [4.69, 9.17) is 28.7 Å². The number of nitrogens with one attached hydrogen (secondary N) is 3. The van der Waals surface area contributed by atoms with Crippen molar-refractivity contribution in [1.29, 1.82) is 0 Å². The van der Waals surface area contributed by atoms with Crippen LogP contribution in [0.2, 0.25) is 0 Å². The minimum Gasteiger partial charge on any atom is -0.370 e. The van der Waals surface area contributed by atoms with E-state index in [0.717, 1.165) is 0 Å². The van der Waals surface area contributed by atoms with Crippen molar-refractivity contribution < 1.29 is 38.4 Å². The molecule has 0 heterocycles. The molecule has 0 saturated heterocycles. The van der Waals surface area contributed by atoms with Crippen molar-refractivity contribution in [1.82, 2.24) is 16.0 Å². The lowest BCUT2D eigenvalue weighted by molar-refractivity contribution is -0.134. The van der Waals surface area contributed by atoms with Crippen LogP contribution in [0.3, 0.4) is 0 Å². The van der Waals surface area contributed by atoms with Crippen molar-refractivity contribution in [3.05, 3.63) is 0 Å². The number of hydrogen-bond acceptors (Lipinski definition) is 9. The highest BCUT2D eigenvalue weighted by Crippen LogP contribution is 2.05. The van der Waals surface area contributed by atoms with E-state index >= 15 is 0 Å². The van der Waals surface area contributed by atoms with Gasteiger partial charge in [0, 0.05) is 19.3 Å². The first-order valence-electron chi connectivity index (χ1n) is 10.5. The Hall–Kier alpha value is -4.08. The quantitative estimate of drug-likeness (QED) is 0.0831. The zero-order valence-corrected chi connectivity index (χ0v) is 19.0. The largest absolute Gasteiger partial charge is 0.370 e. The molecule has 0 saturated carbocycles. The summed E-state index contributed by atoms with van der Waals surface area (Å²) in [7, 11) is 0. The van der Waals surface area contributed by atoms with Crippen LogP contribution < -0.4 is 44.6 Å². The van der Waals surface area contributed by atoms with Crippen LogP contribution >= 0.6 is 0 Å². The number of rotatable bonds is 18. The van der Waals surface area contributed by atoms with Crippen LogP contribution in [0.5, 0.6) is 0 Å². The summed E-state index contributed by atoms with van der Waals surface area (Å²) in [5.41, 5.74) is 25.9. The molecular formula is C19H32N8O8. The predicted octanol–water partition coefficient (Wildman–Crippen LogP) is -5.36. The minimum atomic E-state index is -1.41. The van der Waals surface area contributed by atoms with Gasteiger partial charge in [0.1, 0.15) is 18.4 Å². The summed E-state index contributed by atoms with van der Waals surface area (Å²) in [5, 5.41) is 6.81. The molecule has 4 atom stereocenters. The van der Waals surface area contributed by atoms with Crippen molar-refractivity contribution in [2.45, 2.75) is 69.1 Å². The molecule has 0 radical (unpaired) electrons. The van der Waals surface area contributed by atoms with Crippen molar-refractivity contribution >= 4 is 47.6 Å². The maximum Gasteiger partial charge on any atom is 0.243 e. The monoisotopic (exact) mass is 500 g/mol. The molecule has 0 unspecified atom stereocenters. The third-order valence-electron chi connectivity index (χ3n) is 4.58. The molecule has 0 aromatic carbocycles. The van der Waals surface area contributed by atoms with Crippen LogP contribution in [0, 0.1) is 0 Å². The highest BCUT2D eigenvalue weighted by molar-refractivity contribution is 5.94. The first-order valence-corrected chi connectivity index (χ1v) is 10.5. The van der Waals surface area contributed by atoms with Crippen LogP contribution in [-0.2, 0) is 38.4 Å². The van der Waals surface area contributed by atoms with Crippen LogP contribution in [0.1, 0.15) is 44.9 Å². The Morgan fingerprint density at radius 2 is 1.00 bits per heavy atom. The van der Waals surface area contributed by atoms with Gasteiger partial charge in [0.15, 0.2) is 0 Å². The number of primary amides is 4. The van der Waals surface area contributed by atoms with E-state index in [1.54, 1.807) is 0 Å². The van der Waals surface area contributed by atoms with Gasteiger partial charge in [-0.25, -0.2) is 0 Å². The lowest BCUT2D eigenvalue weighted by Crippen LogP contribution is -2.57. The second kappa shape index (κ2) is 15.7. The number of nitrogens with two attached hydrogens (primary N) is 5. The summed E-state index contributed by atoms with van der Waals surface area (Å²) >= 11 is 0. The Labute approximate surface area is 200 Å². The maximum atomic E-state index is 12.8. The molecule has 0 aliphatic carbocycles. The second-order valence-electron chi connectivity index (χ2n) is 7.67. The average molecular weight is 501 g/mol. The third kappa shape index (κ3) is 13.9. The number of aldehydes is 1. The van der Waals surface area contributed by atoms with Gasteiger partial charge in [-0.15, -0.1) is 0 Å². The van der Waals surface area contributed by atoms with E-state index in [0.29, 0.717) is 0 Å². The highest BCUT2D eigenvalue weighted by atomic mass is 16.2. The van der Waals surface area contributed by atoms with Crippen molar-refractivity contribution in [3.63, 3.8) is 0 Å². The molecule has 196 valence electrons. The summed E-state index contributed by atoms with van der Waals surface area (Å²) in [6.45, 7) is 0. The Morgan fingerprint density at radius 3 is 1.40 bits per heavy atom. The van der Waals surface area contributed by atoms with E-state index in [9.17, 15) is 38.4 Å². The van der Waals surface area contributed by atoms with Crippen molar-refractivity contribution in [2.75, 3.05) is 0 Å². The molecule has 16 heteroatoms. The summed E-state index contributed by atoms with van der Waals surface area (Å²) in [6.07, 6.45) is -1.75. The minimum absolute atomic E-state index is 0.109. The molecule has 0 aliphatic rings. The highest BCUT2D eigenvalue weighted by Gasteiger charge is 2.29. The standard InChI is InChI=1S/C19H32N8O8/c20-10(1-4-13(21)29)17(33)26-12(3-6-15(23)31)19(35)27-11(2-5-14(22)30)18(34)25-9(8-28)7-16(24)32/h8-12H,1-7,20H2,(H2,21,29)(H2,22,30)(H2,23,31)(H2,24,32)(H,25,34)(H,26,33)(H,27,35)/t9-,10-,11-,12-/m0/s1. The van der Waals surface area contributed by atoms with Crippen molar-refractivity contribution in [2.24, 2.45) is 28.7 Å². The fourth-order valence-electron chi connectivity index (χ4n) is 2.72. The van der Waals surface area contributed by atoms with E-state index in [2.05, 4.69) is 16.0 Å². The van der Waals surface area contributed by atoms with Gasteiger partial charge >= 0.3 is 0 Å². The fourth-order valence-corrected chi connectivity index (χ4v) is 2.72. The molecule has 0 aromatic heterocycles. The first-order chi connectivity index (χ1) is 16.3. The summed E-state index contributed by atoms with van der Waals surface area (Å²) < 4.78 is 0. The average Bonchev–Trinajstić information content (AvgIpc) is 2.75. The van der Waals surface area contributed by atoms with E-state index in [-0.39, 0.29) is 44.8 Å². The molecule has 35 heavy (non-hydrogen) atoms. The number of carbonyl (C=O) groups excluding carboxylic acids is 8. The molecule has 0 aromatic rings. The van der Waals surface area contributed by atoms with Crippen LogP contribution in [0.15, 0.2) is 0 Å². The third-order valence-corrected chi connectivity index (χ3v) is 4.58. The van der Waals surface area contributed by atoms with Crippen LogP contribution in [0.4, 0.5) is 0 Å². The van der Waals surface area contributed by atoms with Gasteiger partial charge in [-0.05, 0) is 19.3 Å². The summed E-state index contributed by atoms with van der Waals surface area (Å²) in [4.78, 5) is 93.2. The number of amides is 7. The SMILES string of the molecule is NC(=O)CC[C@H](NC(=O)[C@H](CCC(N)=O)NC(=O)[C@@H](N)CCC(N)=O)C(=O)N[C@H](C=O)CC(N)=O. The molecule has 16 nitrogen and oxygen atoms in total.